The van der Waals surface area contributed by atoms with Gasteiger partial charge in [0, 0.05) is 0 Å². The molecule has 8 heteroatoms. The van der Waals surface area contributed by atoms with Crippen molar-refractivity contribution in [2.75, 3.05) is 0 Å². The molecule has 0 saturated carbocycles. The third-order valence-corrected chi connectivity index (χ3v) is 4.46. The van der Waals surface area contributed by atoms with Gasteiger partial charge in [0.15, 0.2) is 3.57 Å². The van der Waals surface area contributed by atoms with Gasteiger partial charge in [-0.1, -0.05) is 31.2 Å². The Kier molecular flexibility index (Phi) is 7.02. The van der Waals surface area contributed by atoms with Gasteiger partial charge in [0.1, 0.15) is 10.1 Å². The van der Waals surface area contributed by atoms with Crippen molar-refractivity contribution in [3.63, 3.8) is 0 Å². The summed E-state index contributed by atoms with van der Waals surface area (Å²) in [5.41, 5.74) is -0.0164. The molecule has 0 heterocycles. The van der Waals surface area contributed by atoms with E-state index in [-0.39, 0.29) is 0 Å². The molecule has 0 aromatic heterocycles. The molecule has 0 radical (unpaired) electrons. The molecule has 0 bridgehead atoms. The fraction of sp³-hybridized carbons (Fsp3) is 0.200. The van der Waals surface area contributed by atoms with Gasteiger partial charge in [-0.25, -0.2) is 8.42 Å². The number of alkyl halides is 3. The van der Waals surface area contributed by atoms with Crippen LogP contribution in [-0.4, -0.2) is 13.0 Å². The number of benzene rings is 2. The van der Waals surface area contributed by atoms with Crippen molar-refractivity contribution < 1.29 is 48.7 Å². The summed E-state index contributed by atoms with van der Waals surface area (Å²) in [7, 11) is -5.09. The van der Waals surface area contributed by atoms with Crippen LogP contribution in [0.15, 0.2) is 53.4 Å². The van der Waals surface area contributed by atoms with Gasteiger partial charge in [-0.05, 0) is 36.2 Å². The molecule has 0 atom stereocenters. The van der Waals surface area contributed by atoms with Crippen LogP contribution in [0.25, 0.3) is 0 Å². The van der Waals surface area contributed by atoms with Gasteiger partial charge < -0.3 is 4.55 Å². The van der Waals surface area contributed by atoms with Gasteiger partial charge in [-0.2, -0.15) is 13.2 Å². The summed E-state index contributed by atoms with van der Waals surface area (Å²) in [6, 6.07) is 11.9. The second-order valence-electron chi connectivity index (χ2n) is 4.45. The van der Waals surface area contributed by atoms with E-state index in [4.69, 9.17) is 0 Å². The Morgan fingerprint density at radius 1 is 1.04 bits per heavy atom. The summed E-state index contributed by atoms with van der Waals surface area (Å²) in [6.07, 6.45) is -3.70. The first-order chi connectivity index (χ1) is 10.6. The third-order valence-electron chi connectivity index (χ3n) is 2.79. The highest BCUT2D eigenvalue weighted by Crippen LogP contribution is 2.33. The lowest BCUT2D eigenvalue weighted by atomic mass is 10.2. The molecule has 23 heavy (non-hydrogen) atoms. The van der Waals surface area contributed by atoms with E-state index >= 15 is 0 Å². The molecule has 0 aliphatic heterocycles. The molecule has 0 N–H and O–H groups in total. The largest absolute Gasteiger partial charge is 0.744 e. The van der Waals surface area contributed by atoms with Crippen molar-refractivity contribution in [3.8, 4) is 0 Å². The summed E-state index contributed by atoms with van der Waals surface area (Å²) < 4.78 is 69.2. The minimum absolute atomic E-state index is 0.546. The van der Waals surface area contributed by atoms with E-state index in [1.54, 1.807) is 0 Å². The number of hydrogen-bond donors (Lipinski definition) is 0. The number of hydrogen-bond acceptors (Lipinski definition) is 3. The molecule has 0 fully saturated rings. The Labute approximate surface area is 146 Å². The zero-order valence-electron chi connectivity index (χ0n) is 12.0. The van der Waals surface area contributed by atoms with E-state index in [1.165, 1.54) is 9.13 Å². The van der Waals surface area contributed by atoms with Crippen molar-refractivity contribution in [2.45, 2.75) is 24.4 Å². The quantitative estimate of drug-likeness (QED) is 0.481. The molecular formula is C15H14F3IO3S. The van der Waals surface area contributed by atoms with Gasteiger partial charge in [-0.3, -0.25) is 0 Å². The number of halogens is 4. The summed E-state index contributed by atoms with van der Waals surface area (Å²) >= 11 is 2.04. The molecule has 0 aliphatic rings. The van der Waals surface area contributed by atoms with E-state index in [2.05, 4.69) is 31.2 Å². The van der Waals surface area contributed by atoms with Crippen LogP contribution in [0, 0.1) is 3.57 Å². The van der Waals surface area contributed by atoms with E-state index in [0.29, 0.717) is 12.1 Å². The first-order valence-electron chi connectivity index (χ1n) is 6.43. The SMILES string of the molecule is CCc1ccc([IH+])cc1.O=S(=O)([O-])c1ccccc1C(F)(F)F. The lowest BCUT2D eigenvalue weighted by Gasteiger charge is -2.14. The van der Waals surface area contributed by atoms with Gasteiger partial charge in [-0.15, -0.1) is 0 Å². The molecule has 2 aromatic rings. The van der Waals surface area contributed by atoms with Crippen LogP contribution in [-0.2, 0) is 22.7 Å². The molecule has 2 rings (SSSR count). The summed E-state index contributed by atoms with van der Waals surface area (Å²) in [5.74, 6) is 0. The van der Waals surface area contributed by atoms with E-state index in [0.717, 1.165) is 18.6 Å². The minimum Gasteiger partial charge on any atom is -0.744 e. The van der Waals surface area contributed by atoms with Gasteiger partial charge in [0.2, 0.25) is 0 Å². The van der Waals surface area contributed by atoms with Crippen molar-refractivity contribution in [3.05, 3.63) is 63.2 Å². The highest BCUT2D eigenvalue weighted by molar-refractivity contribution is 7.85. The second-order valence-corrected chi connectivity index (χ2v) is 7.14. The topological polar surface area (TPSA) is 57.2 Å². The van der Waals surface area contributed by atoms with Gasteiger partial charge in [0.25, 0.3) is 22.6 Å². The average Bonchev–Trinajstić information content (AvgIpc) is 2.47. The molecule has 0 aliphatic carbocycles. The molecule has 2 aromatic carbocycles. The Morgan fingerprint density at radius 3 is 1.96 bits per heavy atom. The van der Waals surface area contributed by atoms with E-state index in [1.807, 2.05) is 22.6 Å². The van der Waals surface area contributed by atoms with Crippen LogP contribution in [0.4, 0.5) is 13.2 Å². The molecule has 0 spiro atoms. The van der Waals surface area contributed by atoms with E-state index < -0.39 is 26.8 Å². The van der Waals surface area contributed by atoms with E-state index in [9.17, 15) is 26.1 Å². The smallest absolute Gasteiger partial charge is 0.417 e. The first kappa shape index (κ1) is 19.9. The molecule has 0 saturated heterocycles. The highest BCUT2D eigenvalue weighted by Gasteiger charge is 2.34. The zero-order chi connectivity index (χ0) is 17.7. The highest BCUT2D eigenvalue weighted by atomic mass is 127. The van der Waals surface area contributed by atoms with Gasteiger partial charge in [0.05, 0.1) is 10.5 Å². The normalized spacial score (nSPS) is 11.6. The van der Waals surface area contributed by atoms with Crippen LogP contribution in [0.5, 0.6) is 0 Å². The maximum atomic E-state index is 12.2. The van der Waals surface area contributed by atoms with Crippen LogP contribution >= 0.6 is 0 Å². The van der Waals surface area contributed by atoms with Crippen LogP contribution in [0.2, 0.25) is 0 Å². The van der Waals surface area contributed by atoms with Crippen molar-refractivity contribution >= 4 is 10.1 Å². The van der Waals surface area contributed by atoms with Crippen LogP contribution < -0.4 is 22.6 Å². The Balaban J connectivity index is 0.000000253. The lowest BCUT2D eigenvalue weighted by Crippen LogP contribution is -3.34. The summed E-state index contributed by atoms with van der Waals surface area (Å²) in [5, 5.41) is 0. The Bertz CT molecular complexity index is 741. The van der Waals surface area contributed by atoms with Gasteiger partial charge >= 0.3 is 6.18 Å². The minimum atomic E-state index is -5.09. The number of rotatable bonds is 2. The molecule has 3 nitrogen and oxygen atoms in total. The van der Waals surface area contributed by atoms with Crippen LogP contribution in [0.1, 0.15) is 18.1 Å². The lowest BCUT2D eigenvalue weighted by molar-refractivity contribution is -0.328. The fourth-order valence-electron chi connectivity index (χ4n) is 1.64. The average molecular weight is 458 g/mol. The predicted octanol–water partition coefficient (Wildman–Crippen LogP) is 0.314. The maximum absolute atomic E-state index is 12.2. The maximum Gasteiger partial charge on any atom is 0.417 e. The monoisotopic (exact) mass is 458 g/mol. The molecule has 126 valence electrons. The standard InChI is InChI=1S/C8H10I.C7H5F3O3S/c1-2-7-3-5-8(9)6-4-7;8-7(9,10)5-3-1-2-4-6(5)14(11,12)13/h3-6,9H,2H2,1H3;1-4H,(H,11,12,13)/q+1;/p-1. The van der Waals surface area contributed by atoms with Crippen molar-refractivity contribution in [1.29, 1.82) is 0 Å². The van der Waals surface area contributed by atoms with Crippen LogP contribution in [0.3, 0.4) is 0 Å². The number of aryl methyl sites for hydroxylation is 1. The van der Waals surface area contributed by atoms with Crippen molar-refractivity contribution in [2.24, 2.45) is 0 Å². The molecule has 0 unspecified atom stereocenters. The fourth-order valence-corrected chi connectivity index (χ4v) is 2.73. The Morgan fingerprint density at radius 2 is 1.57 bits per heavy atom. The Hall–Kier alpha value is -1.13. The summed E-state index contributed by atoms with van der Waals surface area (Å²) in [4.78, 5) is -1.24. The third kappa shape index (κ3) is 6.48. The van der Waals surface area contributed by atoms with Crippen molar-refractivity contribution in [1.82, 2.24) is 0 Å². The zero-order valence-corrected chi connectivity index (χ0v) is 15.1. The predicted molar refractivity (Wildman–Crippen MR) is 75.3 cm³/mol. The molecular weight excluding hydrogens is 444 g/mol. The first-order valence-corrected chi connectivity index (χ1v) is 9.01. The summed E-state index contributed by atoms with van der Waals surface area (Å²) in [6.45, 7) is 2.17. The second kappa shape index (κ2) is 8.11. The molecule has 0 amide bonds.